The fourth-order valence-corrected chi connectivity index (χ4v) is 3.27. The standard InChI is InChI=1S/C18H16FN5O3S/c1-11-5-3-4-6-13(11)17-21-22-18(23(17)2)28-10-16(25)20-12-7-8-14(19)15(9-12)24(26)27/h3-9H,10H2,1-2H3,(H,20,25). The third-order valence-corrected chi connectivity index (χ3v) is 5.00. The number of halogens is 1. The van der Waals surface area contributed by atoms with Crippen molar-refractivity contribution in [3.8, 4) is 11.4 Å². The molecular weight excluding hydrogens is 385 g/mol. The number of hydrogen-bond donors (Lipinski definition) is 1. The van der Waals surface area contributed by atoms with Crippen LogP contribution in [0.4, 0.5) is 15.8 Å². The Balaban J connectivity index is 1.67. The maximum Gasteiger partial charge on any atom is 0.306 e. The van der Waals surface area contributed by atoms with Gasteiger partial charge in [-0.2, -0.15) is 4.39 Å². The summed E-state index contributed by atoms with van der Waals surface area (Å²) in [7, 11) is 1.81. The maximum absolute atomic E-state index is 13.4. The minimum Gasteiger partial charge on any atom is -0.325 e. The van der Waals surface area contributed by atoms with Crippen molar-refractivity contribution in [2.45, 2.75) is 12.1 Å². The van der Waals surface area contributed by atoms with E-state index in [4.69, 9.17) is 0 Å². The zero-order valence-electron chi connectivity index (χ0n) is 15.0. The summed E-state index contributed by atoms with van der Waals surface area (Å²) in [4.78, 5) is 22.1. The first-order valence-electron chi connectivity index (χ1n) is 8.19. The average Bonchev–Trinajstić information content (AvgIpc) is 3.02. The van der Waals surface area contributed by atoms with Crippen LogP contribution in [0.1, 0.15) is 5.56 Å². The topological polar surface area (TPSA) is 103 Å². The molecule has 0 saturated carbocycles. The predicted octanol–water partition coefficient (Wildman–Crippen LogP) is 3.57. The lowest BCUT2D eigenvalue weighted by Gasteiger charge is -2.07. The molecule has 1 heterocycles. The number of thioether (sulfide) groups is 1. The van der Waals surface area contributed by atoms with Crippen LogP contribution in [0.5, 0.6) is 0 Å². The van der Waals surface area contributed by atoms with Crippen molar-refractivity contribution >= 4 is 29.0 Å². The van der Waals surface area contributed by atoms with E-state index in [2.05, 4.69) is 15.5 Å². The fraction of sp³-hybridized carbons (Fsp3) is 0.167. The smallest absolute Gasteiger partial charge is 0.306 e. The Kier molecular flexibility index (Phi) is 5.69. The maximum atomic E-state index is 13.4. The second-order valence-electron chi connectivity index (χ2n) is 5.94. The second kappa shape index (κ2) is 8.17. The van der Waals surface area contributed by atoms with E-state index in [-0.39, 0.29) is 11.4 Å². The Morgan fingerprint density at radius 1 is 1.29 bits per heavy atom. The van der Waals surface area contributed by atoms with Gasteiger partial charge in [0.05, 0.1) is 10.7 Å². The molecule has 1 aromatic heterocycles. The van der Waals surface area contributed by atoms with Crippen LogP contribution < -0.4 is 5.32 Å². The van der Waals surface area contributed by atoms with Gasteiger partial charge in [-0.15, -0.1) is 10.2 Å². The van der Waals surface area contributed by atoms with Crippen LogP contribution in [-0.4, -0.2) is 31.3 Å². The van der Waals surface area contributed by atoms with Gasteiger partial charge in [0, 0.05) is 24.4 Å². The minimum absolute atomic E-state index is 0.0188. The molecule has 0 saturated heterocycles. The molecule has 144 valence electrons. The first-order chi connectivity index (χ1) is 13.4. The molecule has 3 aromatic rings. The highest BCUT2D eigenvalue weighted by Gasteiger charge is 2.17. The van der Waals surface area contributed by atoms with E-state index in [0.717, 1.165) is 23.3 Å². The fourth-order valence-electron chi connectivity index (χ4n) is 2.56. The zero-order valence-corrected chi connectivity index (χ0v) is 15.9. The van der Waals surface area contributed by atoms with Crippen LogP contribution in [0.15, 0.2) is 47.6 Å². The van der Waals surface area contributed by atoms with Crippen molar-refractivity contribution in [3.63, 3.8) is 0 Å². The monoisotopic (exact) mass is 401 g/mol. The summed E-state index contributed by atoms with van der Waals surface area (Å²) in [5.41, 5.74) is 1.47. The summed E-state index contributed by atoms with van der Waals surface area (Å²) in [5, 5.41) is 22.2. The molecule has 3 rings (SSSR count). The molecule has 0 unspecified atom stereocenters. The number of carbonyl (C=O) groups is 1. The van der Waals surface area contributed by atoms with E-state index in [1.54, 1.807) is 4.57 Å². The van der Waals surface area contributed by atoms with E-state index in [9.17, 15) is 19.3 Å². The summed E-state index contributed by atoms with van der Waals surface area (Å²) < 4.78 is 15.2. The Morgan fingerprint density at radius 3 is 2.75 bits per heavy atom. The van der Waals surface area contributed by atoms with Gasteiger partial charge in [0.1, 0.15) is 0 Å². The van der Waals surface area contributed by atoms with Crippen LogP contribution in [0.25, 0.3) is 11.4 Å². The number of rotatable bonds is 6. The molecule has 0 aliphatic heterocycles. The molecule has 0 spiro atoms. The van der Waals surface area contributed by atoms with Crippen molar-refractivity contribution in [2.24, 2.45) is 7.05 Å². The van der Waals surface area contributed by atoms with Crippen molar-refractivity contribution in [2.75, 3.05) is 11.1 Å². The zero-order chi connectivity index (χ0) is 20.3. The molecule has 28 heavy (non-hydrogen) atoms. The van der Waals surface area contributed by atoms with Crippen molar-refractivity contribution < 1.29 is 14.1 Å². The molecule has 2 aromatic carbocycles. The van der Waals surface area contributed by atoms with Crippen LogP contribution in [-0.2, 0) is 11.8 Å². The van der Waals surface area contributed by atoms with Gasteiger partial charge >= 0.3 is 5.69 Å². The summed E-state index contributed by atoms with van der Waals surface area (Å²) >= 11 is 1.18. The van der Waals surface area contributed by atoms with Gasteiger partial charge in [-0.1, -0.05) is 36.0 Å². The third kappa shape index (κ3) is 4.17. The van der Waals surface area contributed by atoms with E-state index in [1.165, 1.54) is 17.8 Å². The molecule has 0 fully saturated rings. The number of aryl methyl sites for hydroxylation is 1. The van der Waals surface area contributed by atoms with Gasteiger partial charge in [-0.05, 0) is 24.6 Å². The molecule has 8 nitrogen and oxygen atoms in total. The summed E-state index contributed by atoms with van der Waals surface area (Å²) in [6.07, 6.45) is 0. The number of nitro groups is 1. The van der Waals surface area contributed by atoms with E-state index < -0.39 is 22.3 Å². The number of nitrogens with one attached hydrogen (secondary N) is 1. The number of nitro benzene ring substituents is 1. The minimum atomic E-state index is -0.958. The van der Waals surface area contributed by atoms with Gasteiger partial charge in [0.25, 0.3) is 0 Å². The molecule has 1 amide bonds. The van der Waals surface area contributed by atoms with Crippen molar-refractivity contribution in [1.82, 2.24) is 14.8 Å². The van der Waals surface area contributed by atoms with Crippen LogP contribution in [0.3, 0.4) is 0 Å². The van der Waals surface area contributed by atoms with Crippen molar-refractivity contribution in [1.29, 1.82) is 0 Å². The highest BCUT2D eigenvalue weighted by atomic mass is 32.2. The largest absolute Gasteiger partial charge is 0.325 e. The van der Waals surface area contributed by atoms with Crippen molar-refractivity contribution in [3.05, 3.63) is 64.0 Å². The number of benzene rings is 2. The number of carbonyl (C=O) groups excluding carboxylic acids is 1. The van der Waals surface area contributed by atoms with E-state index >= 15 is 0 Å². The molecule has 0 atom stereocenters. The number of anilines is 1. The first-order valence-corrected chi connectivity index (χ1v) is 9.17. The van der Waals surface area contributed by atoms with Gasteiger partial charge < -0.3 is 9.88 Å². The van der Waals surface area contributed by atoms with Gasteiger partial charge in [0.2, 0.25) is 11.7 Å². The SMILES string of the molecule is Cc1ccccc1-c1nnc(SCC(=O)Nc2ccc(F)c([N+](=O)[O-])c2)n1C. The molecule has 0 aliphatic rings. The molecule has 0 bridgehead atoms. The average molecular weight is 401 g/mol. The van der Waals surface area contributed by atoms with Crippen LogP contribution >= 0.6 is 11.8 Å². The highest BCUT2D eigenvalue weighted by molar-refractivity contribution is 7.99. The van der Waals surface area contributed by atoms with E-state index in [1.807, 2.05) is 38.2 Å². The Morgan fingerprint density at radius 2 is 2.04 bits per heavy atom. The normalized spacial score (nSPS) is 10.7. The van der Waals surface area contributed by atoms with Crippen LogP contribution in [0, 0.1) is 22.9 Å². The number of nitrogens with zero attached hydrogens (tertiary/aromatic N) is 4. The Labute approximate surface area is 163 Å². The summed E-state index contributed by atoms with van der Waals surface area (Å²) in [6.45, 7) is 1.98. The number of aromatic nitrogens is 3. The Bertz CT molecular complexity index is 1050. The van der Waals surface area contributed by atoms with Crippen LogP contribution in [0.2, 0.25) is 0 Å². The Hall–Kier alpha value is -3.27. The molecule has 0 radical (unpaired) electrons. The van der Waals surface area contributed by atoms with Gasteiger partial charge in [-0.3, -0.25) is 14.9 Å². The summed E-state index contributed by atoms with van der Waals surface area (Å²) in [6, 6.07) is 11.0. The molecule has 10 heteroatoms. The molecule has 1 N–H and O–H groups in total. The van der Waals surface area contributed by atoms with Gasteiger partial charge in [0.15, 0.2) is 11.0 Å². The molecule has 0 aliphatic carbocycles. The second-order valence-corrected chi connectivity index (χ2v) is 6.88. The van der Waals surface area contributed by atoms with E-state index in [0.29, 0.717) is 11.0 Å². The lowest BCUT2D eigenvalue weighted by molar-refractivity contribution is -0.387. The number of amides is 1. The lowest BCUT2D eigenvalue weighted by Crippen LogP contribution is -2.14. The highest BCUT2D eigenvalue weighted by Crippen LogP contribution is 2.25. The number of hydrogen-bond acceptors (Lipinski definition) is 6. The summed E-state index contributed by atoms with van der Waals surface area (Å²) in [5.74, 6) is -0.646. The van der Waals surface area contributed by atoms with Gasteiger partial charge in [-0.25, -0.2) is 0 Å². The lowest BCUT2D eigenvalue weighted by atomic mass is 10.1. The molecular formula is C18H16FN5O3S. The third-order valence-electron chi connectivity index (χ3n) is 3.98. The predicted molar refractivity (Wildman–Crippen MR) is 104 cm³/mol. The first kappa shape index (κ1) is 19.5. The quantitative estimate of drug-likeness (QED) is 0.385.